The number of hydrogen-bond donors (Lipinski definition) is 0. The van der Waals surface area contributed by atoms with Crippen molar-refractivity contribution in [2.24, 2.45) is 0 Å². The molecule has 0 heterocycles. The van der Waals surface area contributed by atoms with Crippen molar-refractivity contribution in [2.45, 2.75) is 219 Å². The average molecular weight is 925 g/mol. The predicted octanol–water partition coefficient (Wildman–Crippen LogP) is 17.9. The Morgan fingerprint density at radius 2 is 0.597 bits per heavy atom. The molecule has 0 saturated heterocycles. The number of carbonyl (C=O) groups is 3. The summed E-state index contributed by atoms with van der Waals surface area (Å²) in [5.74, 6) is -1.03. The summed E-state index contributed by atoms with van der Waals surface area (Å²) in [5, 5.41) is 0. The lowest BCUT2D eigenvalue weighted by Crippen LogP contribution is -2.30. The van der Waals surface area contributed by atoms with Crippen LogP contribution in [0, 0.1) is 0 Å². The highest BCUT2D eigenvalue weighted by Gasteiger charge is 2.19. The second kappa shape index (κ2) is 54.2. The molecule has 0 aromatic rings. The second-order valence-corrected chi connectivity index (χ2v) is 17.0. The van der Waals surface area contributed by atoms with Crippen molar-refractivity contribution in [3.8, 4) is 0 Å². The maximum Gasteiger partial charge on any atom is 0.306 e. The Kier molecular flexibility index (Phi) is 50.6. The van der Waals surface area contributed by atoms with Gasteiger partial charge in [0.05, 0.1) is 0 Å². The van der Waals surface area contributed by atoms with Crippen LogP contribution in [0.3, 0.4) is 0 Å². The van der Waals surface area contributed by atoms with Crippen LogP contribution in [0.4, 0.5) is 0 Å². The van der Waals surface area contributed by atoms with E-state index < -0.39 is 6.10 Å². The minimum Gasteiger partial charge on any atom is -0.462 e. The van der Waals surface area contributed by atoms with E-state index in [0.29, 0.717) is 19.3 Å². The number of hydrogen-bond acceptors (Lipinski definition) is 6. The van der Waals surface area contributed by atoms with Gasteiger partial charge in [-0.25, -0.2) is 0 Å². The molecule has 0 bridgehead atoms. The van der Waals surface area contributed by atoms with Crippen molar-refractivity contribution in [1.29, 1.82) is 0 Å². The fourth-order valence-electron chi connectivity index (χ4n) is 6.67. The summed E-state index contributed by atoms with van der Waals surface area (Å²) in [7, 11) is 0. The fourth-order valence-corrected chi connectivity index (χ4v) is 6.67. The lowest BCUT2D eigenvalue weighted by molar-refractivity contribution is -0.167. The molecule has 0 spiro atoms. The summed E-state index contributed by atoms with van der Waals surface area (Å²) < 4.78 is 16.7. The monoisotopic (exact) mass is 925 g/mol. The lowest BCUT2D eigenvalue weighted by Gasteiger charge is -2.18. The van der Waals surface area contributed by atoms with Crippen molar-refractivity contribution < 1.29 is 28.6 Å². The van der Waals surface area contributed by atoms with E-state index >= 15 is 0 Å². The first-order chi connectivity index (χ1) is 33.0. The van der Waals surface area contributed by atoms with Crippen molar-refractivity contribution in [2.75, 3.05) is 13.2 Å². The maximum atomic E-state index is 12.8. The Balaban J connectivity index is 4.51. The van der Waals surface area contributed by atoms with Crippen LogP contribution < -0.4 is 0 Å². The summed E-state index contributed by atoms with van der Waals surface area (Å²) in [5.41, 5.74) is 0. The summed E-state index contributed by atoms with van der Waals surface area (Å²) >= 11 is 0. The Bertz CT molecular complexity index is 1480. The highest BCUT2D eigenvalue weighted by Crippen LogP contribution is 2.12. The van der Waals surface area contributed by atoms with Gasteiger partial charge in [0.15, 0.2) is 6.10 Å². The molecular formula is C61H96O6. The fraction of sp³-hybridized carbons (Fsp3) is 0.590. The van der Waals surface area contributed by atoms with Crippen LogP contribution in [0.2, 0.25) is 0 Å². The third-order valence-corrected chi connectivity index (χ3v) is 10.6. The van der Waals surface area contributed by atoms with E-state index in [-0.39, 0.29) is 44.0 Å². The quantitative estimate of drug-likeness (QED) is 0.0262. The molecule has 0 aromatic heterocycles. The van der Waals surface area contributed by atoms with Crippen LogP contribution in [0.1, 0.15) is 213 Å². The van der Waals surface area contributed by atoms with Crippen molar-refractivity contribution in [1.82, 2.24) is 0 Å². The summed E-state index contributed by atoms with van der Waals surface area (Å²) in [6, 6.07) is 0. The Morgan fingerprint density at radius 1 is 0.313 bits per heavy atom. The molecule has 0 aliphatic heterocycles. The minimum absolute atomic E-state index is 0.117. The zero-order chi connectivity index (χ0) is 48.6. The van der Waals surface area contributed by atoms with Crippen molar-refractivity contribution in [3.63, 3.8) is 0 Å². The van der Waals surface area contributed by atoms with Gasteiger partial charge in [0, 0.05) is 19.3 Å². The van der Waals surface area contributed by atoms with E-state index in [0.717, 1.165) is 122 Å². The van der Waals surface area contributed by atoms with E-state index in [1.54, 1.807) is 0 Å². The molecule has 1 unspecified atom stereocenters. The van der Waals surface area contributed by atoms with Gasteiger partial charge in [0.25, 0.3) is 0 Å². The van der Waals surface area contributed by atoms with Crippen molar-refractivity contribution >= 4 is 17.9 Å². The molecular weight excluding hydrogens is 829 g/mol. The normalized spacial score (nSPS) is 13.2. The van der Waals surface area contributed by atoms with E-state index in [4.69, 9.17) is 14.2 Å². The highest BCUT2D eigenvalue weighted by atomic mass is 16.6. The molecule has 1 atom stereocenters. The first-order valence-electron chi connectivity index (χ1n) is 26.7. The van der Waals surface area contributed by atoms with E-state index in [2.05, 4.69) is 154 Å². The molecule has 0 rings (SSSR count). The molecule has 6 nitrogen and oxygen atoms in total. The smallest absolute Gasteiger partial charge is 0.306 e. The SMILES string of the molecule is CC/C=C\C/C=C\C/C=C\C/C=C\C/C=C\C/C=C\C/C=C\CCCC(=O)OCC(COC(=O)CCCCCCC/C=C\CCCCCC)OC(=O)CCCCC/C=C\C/C=C\C/C=C\CC. The average Bonchev–Trinajstić information content (AvgIpc) is 3.33. The van der Waals surface area contributed by atoms with Gasteiger partial charge in [-0.15, -0.1) is 0 Å². The number of esters is 3. The maximum absolute atomic E-state index is 12.8. The molecule has 67 heavy (non-hydrogen) atoms. The third-order valence-electron chi connectivity index (χ3n) is 10.6. The molecule has 376 valence electrons. The third kappa shape index (κ3) is 52.4. The number of carbonyl (C=O) groups excluding carboxylic acids is 3. The van der Waals surface area contributed by atoms with Gasteiger partial charge in [-0.05, 0) is 128 Å². The molecule has 0 aromatic carbocycles. The molecule has 0 fully saturated rings. The molecule has 0 saturated carbocycles. The predicted molar refractivity (Wildman–Crippen MR) is 288 cm³/mol. The van der Waals surface area contributed by atoms with E-state index in [1.165, 1.54) is 38.5 Å². The zero-order valence-corrected chi connectivity index (χ0v) is 42.9. The molecule has 0 radical (unpaired) electrons. The second-order valence-electron chi connectivity index (χ2n) is 17.0. The van der Waals surface area contributed by atoms with Crippen LogP contribution in [0.15, 0.2) is 134 Å². The van der Waals surface area contributed by atoms with Gasteiger partial charge >= 0.3 is 17.9 Å². The highest BCUT2D eigenvalue weighted by molar-refractivity contribution is 5.71. The molecule has 0 amide bonds. The van der Waals surface area contributed by atoms with Crippen molar-refractivity contribution in [3.05, 3.63) is 134 Å². The summed E-state index contributed by atoms with van der Waals surface area (Å²) in [6.07, 6.45) is 75.9. The lowest BCUT2D eigenvalue weighted by atomic mass is 10.1. The summed E-state index contributed by atoms with van der Waals surface area (Å²) in [6.45, 7) is 6.29. The number of allylic oxidation sites excluding steroid dienone is 22. The number of unbranched alkanes of at least 4 members (excludes halogenated alkanes) is 13. The van der Waals surface area contributed by atoms with Crippen LogP contribution >= 0.6 is 0 Å². The van der Waals surface area contributed by atoms with Gasteiger partial charge in [0.2, 0.25) is 0 Å². The molecule has 0 aliphatic rings. The topological polar surface area (TPSA) is 78.9 Å². The number of ether oxygens (including phenoxy) is 3. The number of rotatable bonds is 46. The first-order valence-corrected chi connectivity index (χ1v) is 26.7. The van der Waals surface area contributed by atoms with Crippen LogP contribution in [-0.2, 0) is 28.6 Å². The van der Waals surface area contributed by atoms with Crippen LogP contribution in [-0.4, -0.2) is 37.2 Å². The van der Waals surface area contributed by atoms with Gasteiger partial charge < -0.3 is 14.2 Å². The van der Waals surface area contributed by atoms with Crippen LogP contribution in [0.5, 0.6) is 0 Å². The molecule has 0 aliphatic carbocycles. The van der Waals surface area contributed by atoms with Gasteiger partial charge in [-0.2, -0.15) is 0 Å². The Hall–Kier alpha value is -4.45. The van der Waals surface area contributed by atoms with Crippen LogP contribution in [0.25, 0.3) is 0 Å². The largest absolute Gasteiger partial charge is 0.462 e. The molecule has 0 N–H and O–H groups in total. The van der Waals surface area contributed by atoms with Gasteiger partial charge in [0.1, 0.15) is 13.2 Å². The standard InChI is InChI=1S/C61H96O6/c1-4-7-10-13-16-19-22-25-26-27-28-29-30-31-32-33-34-37-39-42-45-48-51-54-60(63)66-57-58(67-61(64)55-52-49-46-43-40-36-24-21-18-15-12-9-6-3)56-65-59(62)53-50-47-44-41-38-35-23-20-17-14-11-8-5-2/h7,9-10,12,16,18-21,23,25-26,28-29,31-32,34,36-37,40,42,45,58H,4-6,8,11,13-15,17,22,24,27,30,33,35,38-39,41,43-44,46-57H2,1-3H3/b10-7-,12-9-,19-16-,21-18-,23-20-,26-25-,29-28-,32-31-,37-34-,40-36-,45-42-. The minimum atomic E-state index is -0.824. The Labute approximate surface area is 411 Å². The Morgan fingerprint density at radius 3 is 1.00 bits per heavy atom. The first kappa shape index (κ1) is 62.5. The summed E-state index contributed by atoms with van der Waals surface area (Å²) in [4.78, 5) is 38.0. The van der Waals surface area contributed by atoms with Gasteiger partial charge in [-0.1, -0.05) is 199 Å². The van der Waals surface area contributed by atoms with Gasteiger partial charge in [-0.3, -0.25) is 14.4 Å². The van der Waals surface area contributed by atoms with E-state index in [9.17, 15) is 14.4 Å². The zero-order valence-electron chi connectivity index (χ0n) is 42.9. The van der Waals surface area contributed by atoms with E-state index in [1.807, 2.05) is 0 Å². The molecule has 6 heteroatoms.